The van der Waals surface area contributed by atoms with E-state index in [1.54, 1.807) is 0 Å². The van der Waals surface area contributed by atoms with Gasteiger partial charge < -0.3 is 0 Å². The summed E-state index contributed by atoms with van der Waals surface area (Å²) in [5.41, 5.74) is 0. The van der Waals surface area contributed by atoms with E-state index in [1.807, 2.05) is 0 Å². The third kappa shape index (κ3) is 19.4. The number of hydrogen-bond acceptors (Lipinski definition) is 4. The maximum Gasteiger partial charge on any atom is 1.00 e. The van der Waals surface area contributed by atoms with Crippen LogP contribution in [0.15, 0.2) is 0 Å². The second kappa shape index (κ2) is 8.91. The molecule has 0 heterocycles. The zero-order valence-corrected chi connectivity index (χ0v) is 13.8. The molecule has 0 spiro atoms. The van der Waals surface area contributed by atoms with Gasteiger partial charge in [0.2, 0.25) is 0 Å². The topological polar surface area (TPSA) is 109 Å². The molecule has 0 aliphatic heterocycles. The summed E-state index contributed by atoms with van der Waals surface area (Å²) in [5, 5.41) is 0. The van der Waals surface area contributed by atoms with Crippen LogP contribution >= 0.6 is 0 Å². The summed E-state index contributed by atoms with van der Waals surface area (Å²) < 4.78 is 56.8. The summed E-state index contributed by atoms with van der Waals surface area (Å²) in [6, 6.07) is 0. The van der Waals surface area contributed by atoms with E-state index in [2.05, 4.69) is 0 Å². The molecule has 74 valence electrons. The van der Waals surface area contributed by atoms with E-state index in [0.29, 0.717) is 0 Å². The Morgan fingerprint density at radius 1 is 0.714 bits per heavy atom. The third-order valence-electron chi connectivity index (χ3n) is 1.05. The minimum Gasteiger partial charge on any atom is -0.286 e. The van der Waals surface area contributed by atoms with E-state index in [9.17, 15) is 16.8 Å². The van der Waals surface area contributed by atoms with Crippen LogP contribution in [0.2, 0.25) is 0 Å². The molecule has 14 heavy (non-hydrogen) atoms. The molecule has 6 nitrogen and oxygen atoms in total. The minimum atomic E-state index is -4.02. The molecule has 0 fully saturated rings. The van der Waals surface area contributed by atoms with Crippen LogP contribution in [-0.4, -0.2) is 37.4 Å². The van der Waals surface area contributed by atoms with Gasteiger partial charge in [-0.15, -0.1) is 0 Å². The van der Waals surface area contributed by atoms with Gasteiger partial charge in [0.05, 0.1) is 11.5 Å². The zero-order chi connectivity index (χ0) is 9.83. The Labute approximate surface area is 128 Å². The Kier molecular flexibility index (Phi) is 13.5. The van der Waals surface area contributed by atoms with Crippen LogP contribution in [0.1, 0.15) is 12.8 Å². The van der Waals surface area contributed by atoms with E-state index in [1.165, 1.54) is 0 Å². The van der Waals surface area contributed by atoms with Crippen molar-refractivity contribution in [2.24, 2.45) is 0 Å². The Morgan fingerprint density at radius 3 is 1.07 bits per heavy atom. The fraction of sp³-hybridized carbons (Fsp3) is 1.00. The number of rotatable bonds is 5. The van der Waals surface area contributed by atoms with Crippen molar-refractivity contribution >= 4 is 20.2 Å². The molecule has 0 amide bonds. The van der Waals surface area contributed by atoms with Crippen molar-refractivity contribution in [2.75, 3.05) is 11.5 Å². The van der Waals surface area contributed by atoms with Crippen LogP contribution in [0.3, 0.4) is 0 Å². The molecule has 0 aromatic carbocycles. The maximum atomic E-state index is 10.1. The molecule has 2 N–H and O–H groups in total. The predicted octanol–water partition coefficient (Wildman–Crippen LogP) is -6.45. The quantitative estimate of drug-likeness (QED) is 0.290. The molecule has 0 aromatic rings. The summed E-state index contributed by atoms with van der Waals surface area (Å²) in [4.78, 5) is 0. The summed E-state index contributed by atoms with van der Waals surface area (Å²) in [6.07, 6.45) is 0.0250. The van der Waals surface area contributed by atoms with Crippen molar-refractivity contribution in [1.82, 2.24) is 0 Å². The van der Waals surface area contributed by atoms with Gasteiger partial charge in [0.1, 0.15) is 0 Å². The van der Waals surface area contributed by atoms with E-state index in [0.717, 1.165) is 0 Å². The van der Waals surface area contributed by atoms with Crippen molar-refractivity contribution in [3.05, 3.63) is 0 Å². The van der Waals surface area contributed by atoms with Gasteiger partial charge in [-0.25, -0.2) is 0 Å². The Hall–Kier alpha value is 1.82. The SMILES string of the molecule is O=S(=O)(O)CCCCS(=O)(=O)O.[Na+].[Na+]. The van der Waals surface area contributed by atoms with E-state index < -0.39 is 31.7 Å². The van der Waals surface area contributed by atoms with Gasteiger partial charge in [-0.1, -0.05) is 0 Å². The average Bonchev–Trinajstić information content (AvgIpc) is 1.76. The van der Waals surface area contributed by atoms with Gasteiger partial charge in [-0.05, 0) is 12.8 Å². The van der Waals surface area contributed by atoms with Crippen LogP contribution < -0.4 is 59.1 Å². The third-order valence-corrected chi connectivity index (χ3v) is 2.66. The largest absolute Gasteiger partial charge is 1.00 e. The summed E-state index contributed by atoms with van der Waals surface area (Å²) >= 11 is 0. The summed E-state index contributed by atoms with van der Waals surface area (Å²) in [5.74, 6) is -0.967. The number of hydrogen-bond donors (Lipinski definition) is 2. The second-order valence-corrected chi connectivity index (χ2v) is 5.42. The van der Waals surface area contributed by atoms with Gasteiger partial charge in [0.15, 0.2) is 0 Å². The smallest absolute Gasteiger partial charge is 0.286 e. The standard InChI is InChI=1S/C4H10O6S2.2Na/c5-11(6,7)3-1-2-4-12(8,9)10;;/h1-4H2,(H,5,6,7)(H,8,9,10);;/q;2*+1. The monoisotopic (exact) mass is 264 g/mol. The molecular formula is C4H10Na2O6S2+2. The molecule has 0 unspecified atom stereocenters. The molecule has 0 saturated heterocycles. The molecule has 0 rings (SSSR count). The molecule has 0 bridgehead atoms. The average molecular weight is 264 g/mol. The van der Waals surface area contributed by atoms with Crippen molar-refractivity contribution < 1.29 is 85.1 Å². The van der Waals surface area contributed by atoms with Gasteiger partial charge in [0.25, 0.3) is 20.2 Å². The summed E-state index contributed by atoms with van der Waals surface area (Å²) in [7, 11) is -8.04. The predicted molar refractivity (Wildman–Crippen MR) is 42.1 cm³/mol. The van der Waals surface area contributed by atoms with Crippen molar-refractivity contribution in [2.45, 2.75) is 12.8 Å². The summed E-state index contributed by atoms with van der Waals surface area (Å²) in [6.45, 7) is 0. The van der Waals surface area contributed by atoms with E-state index >= 15 is 0 Å². The first-order valence-corrected chi connectivity index (χ1v) is 6.33. The number of unbranched alkanes of at least 4 members (excludes halogenated alkanes) is 1. The molecule has 0 saturated carbocycles. The van der Waals surface area contributed by atoms with Gasteiger partial charge in [-0.2, -0.15) is 16.8 Å². The first kappa shape index (κ1) is 21.1. The van der Waals surface area contributed by atoms with Gasteiger partial charge in [-0.3, -0.25) is 9.11 Å². The van der Waals surface area contributed by atoms with E-state index in [4.69, 9.17) is 9.11 Å². The fourth-order valence-corrected chi connectivity index (χ4v) is 1.71. The normalized spacial score (nSPS) is 11.3. The van der Waals surface area contributed by atoms with Crippen LogP contribution in [-0.2, 0) is 20.2 Å². The molecule has 0 aromatic heterocycles. The first-order valence-electron chi connectivity index (χ1n) is 3.11. The first-order chi connectivity index (χ1) is 5.21. The van der Waals surface area contributed by atoms with Gasteiger partial charge >= 0.3 is 59.1 Å². The van der Waals surface area contributed by atoms with Crippen LogP contribution in [0.5, 0.6) is 0 Å². The van der Waals surface area contributed by atoms with Crippen molar-refractivity contribution in [1.29, 1.82) is 0 Å². The van der Waals surface area contributed by atoms with Crippen molar-refractivity contribution in [3.8, 4) is 0 Å². The van der Waals surface area contributed by atoms with Crippen molar-refractivity contribution in [3.63, 3.8) is 0 Å². The minimum absolute atomic E-state index is 0. The van der Waals surface area contributed by atoms with Crippen LogP contribution in [0, 0.1) is 0 Å². The van der Waals surface area contributed by atoms with Crippen LogP contribution in [0.25, 0.3) is 0 Å². The molecular weight excluding hydrogens is 254 g/mol. The molecule has 0 atom stereocenters. The Balaban J connectivity index is -0.000000605. The zero-order valence-electron chi connectivity index (χ0n) is 8.17. The Bertz CT molecular complexity index is 286. The molecule has 0 radical (unpaired) electrons. The molecule has 0 aliphatic carbocycles. The fourth-order valence-electron chi connectivity index (χ4n) is 0.569. The molecule has 10 heteroatoms. The second-order valence-electron chi connectivity index (χ2n) is 2.28. The maximum absolute atomic E-state index is 10.1. The van der Waals surface area contributed by atoms with E-state index in [-0.39, 0.29) is 72.0 Å². The Morgan fingerprint density at radius 2 is 0.929 bits per heavy atom. The van der Waals surface area contributed by atoms with Gasteiger partial charge in [0, 0.05) is 0 Å². The van der Waals surface area contributed by atoms with Crippen LogP contribution in [0.4, 0.5) is 0 Å². The molecule has 0 aliphatic rings.